The number of benzene rings is 1. The second kappa shape index (κ2) is 13.0. The number of pyridine rings is 1. The van der Waals surface area contributed by atoms with Crippen LogP contribution in [0.15, 0.2) is 76.5 Å². The number of allylic oxidation sites excluding steroid dienone is 1. The number of rotatable bonds is 6. The van der Waals surface area contributed by atoms with Gasteiger partial charge in [-0.15, -0.1) is 0 Å². The molecular weight excluding hydrogens is 588 g/mol. The standard InChI is InChI=1S/C31H37FN6O3S2/c1-22-6-5-8-30(35-29-7-3-4-13-34-29)42-31(16-22)43(39,40)36-14-15-37-26(18-36)19-41-20-28(37)27-17-33-21-38(27)23(2)24-9-11-25(32)12-10-24/h3-4,7,9-13,16-17,21-23,26,28H,5-6,8,14-15,18-20H2,1-2H3. The Labute approximate surface area is 256 Å². The molecule has 3 aliphatic rings. The summed E-state index contributed by atoms with van der Waals surface area (Å²) >= 11 is 1.26. The first kappa shape index (κ1) is 30.1. The van der Waals surface area contributed by atoms with Gasteiger partial charge in [-0.3, -0.25) is 4.90 Å². The van der Waals surface area contributed by atoms with Gasteiger partial charge >= 0.3 is 0 Å². The number of fused-ring (bicyclic) bond motifs is 1. The molecule has 0 spiro atoms. The molecule has 2 fully saturated rings. The number of morpholine rings is 1. The van der Waals surface area contributed by atoms with Crippen LogP contribution in [0.5, 0.6) is 0 Å². The summed E-state index contributed by atoms with van der Waals surface area (Å²) in [5.41, 5.74) is 1.98. The van der Waals surface area contributed by atoms with E-state index in [0.29, 0.717) is 49.3 Å². The largest absolute Gasteiger partial charge is 0.378 e. The summed E-state index contributed by atoms with van der Waals surface area (Å²) in [5, 5.41) is 0.767. The van der Waals surface area contributed by atoms with Gasteiger partial charge in [-0.25, -0.2) is 27.8 Å². The molecule has 0 radical (unpaired) electrons. The quantitative estimate of drug-likeness (QED) is 0.356. The third kappa shape index (κ3) is 6.63. The number of imidazole rings is 1. The first-order chi connectivity index (χ1) is 20.8. The van der Waals surface area contributed by atoms with E-state index in [1.54, 1.807) is 29.0 Å². The highest BCUT2D eigenvalue weighted by atomic mass is 32.3. The Morgan fingerprint density at radius 3 is 2.77 bits per heavy atom. The third-order valence-electron chi connectivity index (χ3n) is 8.46. The molecule has 4 unspecified atom stereocenters. The summed E-state index contributed by atoms with van der Waals surface area (Å²) in [5.74, 6) is 0.473. The van der Waals surface area contributed by atoms with Gasteiger partial charge in [0.1, 0.15) is 10.1 Å². The van der Waals surface area contributed by atoms with E-state index >= 15 is 0 Å². The zero-order chi connectivity index (χ0) is 30.0. The summed E-state index contributed by atoms with van der Waals surface area (Å²) in [7, 11) is -3.74. The van der Waals surface area contributed by atoms with Crippen molar-refractivity contribution in [3.05, 3.63) is 88.6 Å². The highest BCUT2D eigenvalue weighted by Gasteiger charge is 2.42. The van der Waals surface area contributed by atoms with E-state index in [4.69, 9.17) is 9.73 Å². The number of thioether (sulfide) groups is 1. The average Bonchev–Trinajstić information content (AvgIpc) is 3.49. The number of sulfonamides is 1. The molecular formula is C31H37FN6O3S2. The minimum atomic E-state index is -3.74. The van der Waals surface area contributed by atoms with Crippen molar-refractivity contribution >= 4 is 32.6 Å². The Kier molecular flexibility index (Phi) is 9.11. The highest BCUT2D eigenvalue weighted by Crippen LogP contribution is 2.37. The lowest BCUT2D eigenvalue weighted by atomic mass is 10.0. The molecule has 6 rings (SSSR count). The Balaban J connectivity index is 1.21. The summed E-state index contributed by atoms with van der Waals surface area (Å²) in [4.78, 5) is 15.8. The van der Waals surface area contributed by atoms with E-state index in [1.165, 1.54) is 23.9 Å². The van der Waals surface area contributed by atoms with Crippen LogP contribution in [0, 0.1) is 11.7 Å². The fraction of sp³-hybridized carbons (Fsp3) is 0.452. The molecule has 4 atom stereocenters. The lowest BCUT2D eigenvalue weighted by Gasteiger charge is -2.47. The molecule has 0 saturated carbocycles. The van der Waals surface area contributed by atoms with Crippen molar-refractivity contribution in [3.8, 4) is 0 Å². The second-order valence-electron chi connectivity index (χ2n) is 11.4. The molecule has 3 aliphatic heterocycles. The Bertz CT molecular complexity index is 1580. The normalized spacial score (nSPS) is 25.9. The molecule has 0 bridgehead atoms. The fourth-order valence-electron chi connectivity index (χ4n) is 6.07. The fourth-order valence-corrected chi connectivity index (χ4v) is 9.36. The van der Waals surface area contributed by atoms with Crippen LogP contribution in [0.4, 0.5) is 10.2 Å². The SMILES string of the molecule is CC1C=C(S(=O)(=O)N2CCN3C(COCC3c3cncn3C(C)c3ccc(F)cc3)C2)SC(=Nc2ccccn2)CCC1. The van der Waals surface area contributed by atoms with E-state index in [-0.39, 0.29) is 29.9 Å². The lowest BCUT2D eigenvalue weighted by molar-refractivity contribution is -0.0730. The molecule has 0 aliphatic carbocycles. The van der Waals surface area contributed by atoms with Crippen molar-refractivity contribution in [2.24, 2.45) is 10.9 Å². The Hall–Kier alpha value is -2.90. The van der Waals surface area contributed by atoms with Crippen LogP contribution in [0.25, 0.3) is 0 Å². The molecule has 12 heteroatoms. The lowest BCUT2D eigenvalue weighted by Crippen LogP contribution is -2.60. The molecule has 9 nitrogen and oxygen atoms in total. The summed E-state index contributed by atoms with van der Waals surface area (Å²) in [6.07, 6.45) is 9.81. The molecule has 228 valence electrons. The Morgan fingerprint density at radius 1 is 1.14 bits per heavy atom. The number of nitrogens with zero attached hydrogens (tertiary/aromatic N) is 6. The molecule has 2 saturated heterocycles. The molecule has 5 heterocycles. The first-order valence-corrected chi connectivity index (χ1v) is 17.0. The van der Waals surface area contributed by atoms with Gasteiger partial charge in [0.25, 0.3) is 0 Å². The van der Waals surface area contributed by atoms with Crippen LogP contribution < -0.4 is 0 Å². The average molecular weight is 625 g/mol. The summed E-state index contributed by atoms with van der Waals surface area (Å²) in [6, 6.07) is 11.9. The van der Waals surface area contributed by atoms with Crippen LogP contribution in [-0.4, -0.2) is 76.1 Å². The van der Waals surface area contributed by atoms with Gasteiger partial charge in [-0.05, 0) is 61.9 Å². The number of hydrogen-bond acceptors (Lipinski definition) is 8. The number of piperazine rings is 1. The third-order valence-corrected chi connectivity index (χ3v) is 11.9. The van der Waals surface area contributed by atoms with Gasteiger partial charge in [0.15, 0.2) is 5.82 Å². The maximum atomic E-state index is 14.1. The number of aromatic nitrogens is 3. The first-order valence-electron chi connectivity index (χ1n) is 14.8. The number of ether oxygens (including phenoxy) is 1. The van der Waals surface area contributed by atoms with Crippen molar-refractivity contribution in [1.29, 1.82) is 0 Å². The van der Waals surface area contributed by atoms with Gasteiger partial charge in [-0.2, -0.15) is 4.31 Å². The van der Waals surface area contributed by atoms with E-state index in [9.17, 15) is 12.8 Å². The summed E-state index contributed by atoms with van der Waals surface area (Å²) < 4.78 is 51.9. The summed E-state index contributed by atoms with van der Waals surface area (Å²) in [6.45, 7) is 6.41. The molecule has 1 aromatic carbocycles. The molecule has 2 aromatic heterocycles. The van der Waals surface area contributed by atoms with Crippen molar-refractivity contribution in [3.63, 3.8) is 0 Å². The zero-order valence-electron chi connectivity index (χ0n) is 24.4. The molecule has 3 aromatic rings. The molecule has 43 heavy (non-hydrogen) atoms. The van der Waals surface area contributed by atoms with Gasteiger partial charge < -0.3 is 9.30 Å². The molecule has 0 amide bonds. The number of hydrogen-bond donors (Lipinski definition) is 0. The second-order valence-corrected chi connectivity index (χ2v) is 14.7. The minimum absolute atomic E-state index is 0.0487. The van der Waals surface area contributed by atoms with Gasteiger partial charge in [-0.1, -0.05) is 43.0 Å². The van der Waals surface area contributed by atoms with Crippen molar-refractivity contribution in [2.45, 2.75) is 51.2 Å². The van der Waals surface area contributed by atoms with Crippen molar-refractivity contribution in [1.82, 2.24) is 23.7 Å². The minimum Gasteiger partial charge on any atom is -0.378 e. The maximum Gasteiger partial charge on any atom is 0.249 e. The van der Waals surface area contributed by atoms with Gasteiger partial charge in [0, 0.05) is 38.1 Å². The van der Waals surface area contributed by atoms with E-state index < -0.39 is 10.0 Å². The van der Waals surface area contributed by atoms with Gasteiger partial charge in [0.05, 0.1) is 42.4 Å². The molecule has 0 N–H and O–H groups in total. The van der Waals surface area contributed by atoms with Crippen molar-refractivity contribution < 1.29 is 17.5 Å². The predicted molar refractivity (Wildman–Crippen MR) is 167 cm³/mol. The van der Waals surface area contributed by atoms with E-state index in [1.807, 2.05) is 30.5 Å². The van der Waals surface area contributed by atoms with Crippen LogP contribution >= 0.6 is 11.8 Å². The highest BCUT2D eigenvalue weighted by molar-refractivity contribution is 8.26. The van der Waals surface area contributed by atoms with Crippen LogP contribution in [-0.2, 0) is 14.8 Å². The number of halogens is 1. The van der Waals surface area contributed by atoms with Crippen LogP contribution in [0.1, 0.15) is 56.5 Å². The van der Waals surface area contributed by atoms with E-state index in [0.717, 1.165) is 29.1 Å². The van der Waals surface area contributed by atoms with Crippen molar-refractivity contribution in [2.75, 3.05) is 32.8 Å². The topological polar surface area (TPSA) is 92.9 Å². The zero-order valence-corrected chi connectivity index (χ0v) is 26.1. The smallest absolute Gasteiger partial charge is 0.249 e. The Morgan fingerprint density at radius 2 is 1.98 bits per heavy atom. The monoisotopic (exact) mass is 624 g/mol. The van der Waals surface area contributed by atoms with E-state index in [2.05, 4.69) is 33.3 Å². The maximum absolute atomic E-state index is 14.1. The predicted octanol–water partition coefficient (Wildman–Crippen LogP) is 5.54. The van der Waals surface area contributed by atoms with Gasteiger partial charge in [0.2, 0.25) is 10.0 Å². The van der Waals surface area contributed by atoms with Crippen LogP contribution in [0.2, 0.25) is 0 Å². The van der Waals surface area contributed by atoms with Crippen LogP contribution in [0.3, 0.4) is 0 Å². The number of aliphatic imine (C=N–C) groups is 1.